The highest BCUT2D eigenvalue weighted by molar-refractivity contribution is 5.95. The zero-order chi connectivity index (χ0) is 22.8. The molecule has 2 aliphatic heterocycles. The molecule has 0 aliphatic carbocycles. The van der Waals surface area contributed by atoms with Crippen LogP contribution in [0.4, 0.5) is 4.39 Å². The number of likely N-dealkylation sites (tertiary alicyclic amines) is 1. The van der Waals surface area contributed by atoms with E-state index in [9.17, 15) is 14.0 Å². The highest BCUT2D eigenvalue weighted by atomic mass is 19.1. The lowest BCUT2D eigenvalue weighted by Crippen LogP contribution is -2.64. The Kier molecular flexibility index (Phi) is 5.92. The number of halogens is 1. The van der Waals surface area contributed by atoms with Crippen LogP contribution in [0.25, 0.3) is 11.1 Å². The van der Waals surface area contributed by atoms with Gasteiger partial charge in [-0.05, 0) is 47.5 Å². The van der Waals surface area contributed by atoms with Gasteiger partial charge < -0.3 is 9.80 Å². The van der Waals surface area contributed by atoms with Crippen molar-refractivity contribution in [1.29, 1.82) is 0 Å². The second-order valence-electron chi connectivity index (χ2n) is 8.65. The third-order valence-corrected chi connectivity index (χ3v) is 6.58. The molecule has 0 N–H and O–H groups in total. The Morgan fingerprint density at radius 3 is 1.97 bits per heavy atom. The van der Waals surface area contributed by atoms with E-state index in [2.05, 4.69) is 4.90 Å². The lowest BCUT2D eigenvalue weighted by atomic mass is 10.0. The van der Waals surface area contributed by atoms with Crippen LogP contribution in [-0.2, 0) is 0 Å². The Morgan fingerprint density at radius 2 is 1.30 bits per heavy atom. The number of carbonyl (C=O) groups excluding carboxylic acids is 2. The summed E-state index contributed by atoms with van der Waals surface area (Å²) in [5.74, 6) is -0.165. The molecule has 5 rings (SSSR count). The first-order valence-corrected chi connectivity index (χ1v) is 11.3. The first kappa shape index (κ1) is 21.3. The van der Waals surface area contributed by atoms with Gasteiger partial charge in [-0.3, -0.25) is 14.5 Å². The molecule has 2 saturated heterocycles. The number of hydrogen-bond acceptors (Lipinski definition) is 3. The molecule has 2 heterocycles. The van der Waals surface area contributed by atoms with Gasteiger partial charge in [-0.25, -0.2) is 4.39 Å². The lowest BCUT2D eigenvalue weighted by molar-refractivity contribution is 0.00854. The van der Waals surface area contributed by atoms with Gasteiger partial charge in [0.25, 0.3) is 11.8 Å². The molecule has 0 bridgehead atoms. The normalized spacial score (nSPS) is 17.0. The standard InChI is InChI=1S/C27H26FN3O2/c28-24-8-4-7-23(17-24)20-9-11-22(12-10-20)27(33)31-18-25(19-31)29-13-15-30(16-14-29)26(32)21-5-2-1-3-6-21/h1-12,17,25H,13-16,18-19H2. The van der Waals surface area contributed by atoms with Crippen LogP contribution in [0.3, 0.4) is 0 Å². The zero-order valence-corrected chi connectivity index (χ0v) is 18.4. The maximum Gasteiger partial charge on any atom is 0.253 e. The SMILES string of the molecule is O=C(c1ccccc1)N1CCN(C2CN(C(=O)c3ccc(-c4cccc(F)c4)cc3)C2)CC1. The van der Waals surface area contributed by atoms with Crippen molar-refractivity contribution in [3.63, 3.8) is 0 Å². The number of carbonyl (C=O) groups is 2. The van der Waals surface area contributed by atoms with Gasteiger partial charge in [0.2, 0.25) is 0 Å². The summed E-state index contributed by atoms with van der Waals surface area (Å²) in [5.41, 5.74) is 3.06. The Morgan fingerprint density at radius 1 is 0.667 bits per heavy atom. The molecule has 3 aromatic rings. The molecule has 168 valence electrons. The number of piperazine rings is 1. The third-order valence-electron chi connectivity index (χ3n) is 6.58. The van der Waals surface area contributed by atoms with Gasteiger partial charge in [-0.1, -0.05) is 42.5 Å². The molecule has 3 aromatic carbocycles. The predicted molar refractivity (Wildman–Crippen MR) is 125 cm³/mol. The van der Waals surface area contributed by atoms with Gasteiger partial charge >= 0.3 is 0 Å². The van der Waals surface area contributed by atoms with Crippen molar-refractivity contribution in [2.45, 2.75) is 6.04 Å². The number of nitrogens with zero attached hydrogens (tertiary/aromatic N) is 3. The van der Waals surface area contributed by atoms with E-state index in [0.717, 1.165) is 29.8 Å². The first-order valence-electron chi connectivity index (χ1n) is 11.3. The van der Waals surface area contributed by atoms with Gasteiger partial charge in [-0.2, -0.15) is 0 Å². The van der Waals surface area contributed by atoms with Crippen LogP contribution in [0.1, 0.15) is 20.7 Å². The van der Waals surface area contributed by atoms with Crippen molar-refractivity contribution >= 4 is 11.8 Å². The summed E-state index contributed by atoms with van der Waals surface area (Å²) in [7, 11) is 0. The van der Waals surface area contributed by atoms with E-state index >= 15 is 0 Å². The second kappa shape index (κ2) is 9.16. The van der Waals surface area contributed by atoms with Crippen molar-refractivity contribution in [3.8, 4) is 11.1 Å². The summed E-state index contributed by atoms with van der Waals surface area (Å²) >= 11 is 0. The smallest absolute Gasteiger partial charge is 0.253 e. The predicted octanol–water partition coefficient (Wildman–Crippen LogP) is 3.78. The van der Waals surface area contributed by atoms with Gasteiger partial charge in [0, 0.05) is 56.4 Å². The van der Waals surface area contributed by atoms with Gasteiger partial charge in [-0.15, -0.1) is 0 Å². The zero-order valence-electron chi connectivity index (χ0n) is 18.4. The molecule has 2 amide bonds. The lowest BCUT2D eigenvalue weighted by Gasteiger charge is -2.48. The number of amides is 2. The van der Waals surface area contributed by atoms with Gasteiger partial charge in [0.1, 0.15) is 5.82 Å². The molecule has 33 heavy (non-hydrogen) atoms. The number of hydrogen-bond donors (Lipinski definition) is 0. The fourth-order valence-corrected chi connectivity index (χ4v) is 4.56. The molecule has 0 aromatic heterocycles. The summed E-state index contributed by atoms with van der Waals surface area (Å²) in [6, 6.07) is 23.5. The van der Waals surface area contributed by atoms with Gasteiger partial charge in [0.05, 0.1) is 0 Å². The minimum atomic E-state index is -0.274. The van der Waals surface area contributed by atoms with Gasteiger partial charge in [0.15, 0.2) is 0 Å². The summed E-state index contributed by atoms with van der Waals surface area (Å²) in [6.07, 6.45) is 0. The fourth-order valence-electron chi connectivity index (χ4n) is 4.56. The van der Waals surface area contributed by atoms with Crippen molar-refractivity contribution in [3.05, 3.63) is 95.8 Å². The van der Waals surface area contributed by atoms with E-state index in [1.165, 1.54) is 12.1 Å². The summed E-state index contributed by atoms with van der Waals surface area (Å²) < 4.78 is 13.5. The van der Waals surface area contributed by atoms with Crippen LogP contribution in [0, 0.1) is 5.82 Å². The Hall–Kier alpha value is -3.51. The van der Waals surface area contributed by atoms with Crippen molar-refractivity contribution in [2.75, 3.05) is 39.3 Å². The average Bonchev–Trinajstić information content (AvgIpc) is 2.84. The van der Waals surface area contributed by atoms with Crippen LogP contribution in [0.2, 0.25) is 0 Å². The summed E-state index contributed by atoms with van der Waals surface area (Å²) in [4.78, 5) is 31.6. The van der Waals surface area contributed by atoms with Crippen molar-refractivity contribution in [1.82, 2.24) is 14.7 Å². The third kappa shape index (κ3) is 4.52. The Labute approximate surface area is 193 Å². The molecule has 0 atom stereocenters. The second-order valence-corrected chi connectivity index (χ2v) is 8.65. The van der Waals surface area contributed by atoms with Crippen LogP contribution in [-0.4, -0.2) is 71.8 Å². The summed E-state index contributed by atoms with van der Waals surface area (Å²) in [6.45, 7) is 4.48. The average molecular weight is 444 g/mol. The van der Waals surface area contributed by atoms with Crippen molar-refractivity contribution in [2.24, 2.45) is 0 Å². The molecule has 2 fully saturated rings. The molecular weight excluding hydrogens is 417 g/mol. The maximum atomic E-state index is 13.5. The quantitative estimate of drug-likeness (QED) is 0.617. The van der Waals surface area contributed by atoms with E-state index in [1.54, 1.807) is 6.07 Å². The summed E-state index contributed by atoms with van der Waals surface area (Å²) in [5, 5.41) is 0. The van der Waals surface area contributed by atoms with Crippen LogP contribution >= 0.6 is 0 Å². The first-order chi connectivity index (χ1) is 16.1. The Balaban J connectivity index is 1.12. The van der Waals surface area contributed by atoms with E-state index in [1.807, 2.05) is 70.5 Å². The topological polar surface area (TPSA) is 43.9 Å². The molecule has 5 nitrogen and oxygen atoms in total. The molecular formula is C27H26FN3O2. The minimum absolute atomic E-state index is 0.0231. The highest BCUT2D eigenvalue weighted by Gasteiger charge is 2.36. The van der Waals surface area contributed by atoms with E-state index in [0.29, 0.717) is 37.8 Å². The number of rotatable bonds is 4. The molecule has 6 heteroatoms. The van der Waals surface area contributed by atoms with Crippen LogP contribution < -0.4 is 0 Å². The minimum Gasteiger partial charge on any atom is -0.336 e. The Bertz CT molecular complexity index is 1140. The van der Waals surface area contributed by atoms with E-state index in [4.69, 9.17) is 0 Å². The monoisotopic (exact) mass is 443 g/mol. The molecule has 0 saturated carbocycles. The largest absolute Gasteiger partial charge is 0.336 e. The highest BCUT2D eigenvalue weighted by Crippen LogP contribution is 2.23. The molecule has 0 radical (unpaired) electrons. The van der Waals surface area contributed by atoms with E-state index in [-0.39, 0.29) is 17.6 Å². The maximum absolute atomic E-state index is 13.5. The number of benzene rings is 3. The molecule has 0 spiro atoms. The fraction of sp³-hybridized carbons (Fsp3) is 0.259. The molecule has 2 aliphatic rings. The van der Waals surface area contributed by atoms with Crippen molar-refractivity contribution < 1.29 is 14.0 Å². The molecule has 0 unspecified atom stereocenters. The van der Waals surface area contributed by atoms with E-state index < -0.39 is 0 Å². The van der Waals surface area contributed by atoms with Crippen LogP contribution in [0.15, 0.2) is 78.9 Å². The van der Waals surface area contributed by atoms with Crippen LogP contribution in [0.5, 0.6) is 0 Å².